The van der Waals surface area contributed by atoms with Gasteiger partial charge in [-0.1, -0.05) is 12.2 Å². The summed E-state index contributed by atoms with van der Waals surface area (Å²) >= 11 is 5.31. The van der Waals surface area contributed by atoms with Crippen molar-refractivity contribution in [2.75, 3.05) is 0 Å². The summed E-state index contributed by atoms with van der Waals surface area (Å²) in [5, 5.41) is 4.78. The van der Waals surface area contributed by atoms with Gasteiger partial charge >= 0.3 is 0 Å². The Labute approximate surface area is 51.3 Å². The van der Waals surface area contributed by atoms with E-state index < -0.39 is 0 Å². The molecule has 0 aromatic rings. The summed E-state index contributed by atoms with van der Waals surface area (Å²) in [6.45, 7) is 0. The van der Waals surface area contributed by atoms with E-state index in [2.05, 4.69) is 12.2 Å². The quantitative estimate of drug-likeness (QED) is 0.334. The van der Waals surface area contributed by atoms with Crippen LogP contribution in [0.4, 0.5) is 0 Å². The van der Waals surface area contributed by atoms with Crippen LogP contribution in [-0.2, 0) is 17.1 Å². The summed E-state index contributed by atoms with van der Waals surface area (Å²) in [5.41, 5.74) is 0. The Bertz CT molecular complexity index is 23.6. The Kier molecular flexibility index (Phi) is 16.5. The first-order chi connectivity index (χ1) is 1.91. The maximum Gasteiger partial charge on any atom is 0.0495 e. The van der Waals surface area contributed by atoms with Gasteiger partial charge in [-0.05, 0) is 11.9 Å². The number of nitrogens with two attached hydrogens (primary N) is 1. The maximum absolute atomic E-state index is 4.78. The zero-order valence-electron chi connectivity index (χ0n) is 2.35. The molecule has 1 radical (unpaired) electrons. The molecule has 0 aromatic heterocycles. The van der Waals surface area contributed by atoms with Gasteiger partial charge in [0.05, 0.1) is 0 Å². The van der Waals surface area contributed by atoms with Crippen LogP contribution in [0.15, 0.2) is 0 Å². The largest absolute Gasteiger partial charge is 0.273 e. The Morgan fingerprint density at radius 3 is 2.00 bits per heavy atom. The summed E-state index contributed by atoms with van der Waals surface area (Å²) in [6, 6.07) is 0. The monoisotopic (exact) mass is 148 g/mol. The van der Waals surface area contributed by atoms with E-state index >= 15 is 0 Å². The zero-order valence-corrected chi connectivity index (χ0v) is 5.16. The van der Waals surface area contributed by atoms with E-state index in [1.54, 1.807) is 0 Å². The molecule has 0 saturated carbocycles. The molecule has 0 aliphatic carbocycles. The number of thiocarbonyl (C=S) groups is 1. The van der Waals surface area contributed by atoms with Crippen LogP contribution >= 0.6 is 24.2 Å². The van der Waals surface area contributed by atoms with E-state index in [1.165, 1.54) is 4.70 Å². The molecule has 0 spiro atoms. The topological polar surface area (TPSA) is 26.0 Å². The van der Waals surface area contributed by atoms with Gasteiger partial charge < -0.3 is 0 Å². The second-order valence-electron chi connectivity index (χ2n) is 0.232. The van der Waals surface area contributed by atoms with Crippen LogP contribution in [0.1, 0.15) is 0 Å². The van der Waals surface area contributed by atoms with E-state index in [4.69, 9.17) is 5.14 Å². The van der Waals surface area contributed by atoms with Crippen molar-refractivity contribution < 1.29 is 17.1 Å². The fourth-order valence-corrected chi connectivity index (χ4v) is 0. The molecule has 31 valence electrons. The fraction of sp³-hybridized carbons (Fsp3) is 0. The van der Waals surface area contributed by atoms with Gasteiger partial charge in [-0.2, -0.15) is 0 Å². The second-order valence-corrected chi connectivity index (χ2v) is 1.27. The molecule has 0 rings (SSSR count). The summed E-state index contributed by atoms with van der Waals surface area (Å²) < 4.78 is 1.40. The van der Waals surface area contributed by atoms with E-state index in [1.807, 2.05) is 0 Å². The van der Waals surface area contributed by atoms with Gasteiger partial charge in [-0.15, -0.1) is 0 Å². The Hall–Kier alpha value is 0.919. The number of rotatable bonds is 1. The van der Waals surface area contributed by atoms with Crippen molar-refractivity contribution in [1.29, 1.82) is 0 Å². The predicted octanol–water partition coefficient (Wildman–Crippen LogP) is 0.548. The molecule has 0 aliphatic heterocycles. The number of hydrogen-bond donors (Lipinski definition) is 1. The van der Waals surface area contributed by atoms with Crippen molar-refractivity contribution in [3.8, 4) is 0 Å². The molecule has 0 atom stereocenters. The van der Waals surface area contributed by atoms with Crippen LogP contribution in [-0.4, -0.2) is 4.70 Å². The first-order valence-corrected chi connectivity index (χ1v) is 2.12. The normalized spacial score (nSPS) is 5.00. The fourth-order valence-electron chi connectivity index (χ4n) is 0. The summed E-state index contributed by atoms with van der Waals surface area (Å²) in [6.07, 6.45) is 0. The summed E-state index contributed by atoms with van der Waals surface area (Å²) in [5.74, 6) is 0. The average Bonchev–Trinajstić information content (AvgIpc) is 1.37. The Balaban J connectivity index is 0. The average molecular weight is 148 g/mol. The van der Waals surface area contributed by atoms with Crippen molar-refractivity contribution in [1.82, 2.24) is 0 Å². The third-order valence-electron chi connectivity index (χ3n) is 0.0556. The van der Waals surface area contributed by atoms with Gasteiger partial charge in [-0.25, -0.2) is 0 Å². The maximum atomic E-state index is 4.78. The zero-order chi connectivity index (χ0) is 3.41. The van der Waals surface area contributed by atoms with E-state index in [-0.39, 0.29) is 17.1 Å². The van der Waals surface area contributed by atoms with E-state index in [0.717, 1.165) is 11.9 Å². The molecule has 0 aromatic carbocycles. The van der Waals surface area contributed by atoms with Gasteiger partial charge in [0.25, 0.3) is 0 Å². The van der Waals surface area contributed by atoms with Crippen LogP contribution in [0, 0.1) is 0 Å². The minimum absolute atomic E-state index is 0. The van der Waals surface area contributed by atoms with Crippen molar-refractivity contribution in [2.24, 2.45) is 5.14 Å². The minimum Gasteiger partial charge on any atom is -0.273 e. The predicted molar refractivity (Wildman–Crippen MR) is 25.4 cm³/mol. The van der Waals surface area contributed by atoms with Crippen LogP contribution in [0.5, 0.6) is 0 Å². The van der Waals surface area contributed by atoms with Gasteiger partial charge in [0.15, 0.2) is 0 Å². The Morgan fingerprint density at radius 2 is 2.00 bits per heavy atom. The van der Waals surface area contributed by atoms with Gasteiger partial charge in [0.2, 0.25) is 0 Å². The molecule has 0 unspecified atom stereocenters. The molecule has 0 bridgehead atoms. The van der Waals surface area contributed by atoms with Crippen LogP contribution in [0.2, 0.25) is 0 Å². The van der Waals surface area contributed by atoms with Crippen molar-refractivity contribution >= 4 is 28.9 Å². The molecule has 5 heavy (non-hydrogen) atoms. The molecule has 0 saturated heterocycles. The smallest absolute Gasteiger partial charge is 0.0495 e. The van der Waals surface area contributed by atoms with Crippen molar-refractivity contribution in [3.05, 3.63) is 0 Å². The number of hydrogen-bond acceptors (Lipinski definition) is 3. The van der Waals surface area contributed by atoms with Gasteiger partial charge in [-0.3, -0.25) is 5.14 Å². The minimum atomic E-state index is 0. The summed E-state index contributed by atoms with van der Waals surface area (Å²) in [7, 11) is 0. The second kappa shape index (κ2) is 8.87. The van der Waals surface area contributed by atoms with Gasteiger partial charge in [0, 0.05) is 21.8 Å². The third-order valence-corrected chi connectivity index (χ3v) is 0.500. The SMILES string of the molecule is NSC=S.[Mn]. The van der Waals surface area contributed by atoms with Crippen LogP contribution < -0.4 is 5.14 Å². The third kappa shape index (κ3) is 11.4. The molecular weight excluding hydrogens is 145 g/mol. The molecule has 1 nitrogen and oxygen atoms in total. The first-order valence-electron chi connectivity index (χ1n) is 0.707. The van der Waals surface area contributed by atoms with Gasteiger partial charge in [0.1, 0.15) is 0 Å². The van der Waals surface area contributed by atoms with E-state index in [9.17, 15) is 0 Å². The van der Waals surface area contributed by atoms with Crippen molar-refractivity contribution in [2.45, 2.75) is 0 Å². The molecule has 2 N–H and O–H groups in total. The van der Waals surface area contributed by atoms with E-state index in [0.29, 0.717) is 0 Å². The van der Waals surface area contributed by atoms with Crippen LogP contribution in [0.3, 0.4) is 0 Å². The molecule has 0 fully saturated rings. The molecule has 0 amide bonds. The molecule has 0 aliphatic rings. The molecule has 0 heterocycles. The Morgan fingerprint density at radius 1 is 1.80 bits per heavy atom. The first kappa shape index (κ1) is 9.33. The molecular formula is CH3MnNS2. The van der Waals surface area contributed by atoms with Crippen LogP contribution in [0.25, 0.3) is 0 Å². The standard InChI is InChI=1S/CH3NS2.Mn/c2-4-1-3;/h1H,2H2;. The van der Waals surface area contributed by atoms with Crippen molar-refractivity contribution in [3.63, 3.8) is 0 Å². The molecule has 4 heteroatoms. The summed E-state index contributed by atoms with van der Waals surface area (Å²) in [4.78, 5) is 0.